The van der Waals surface area contributed by atoms with Crippen LogP contribution in [0.4, 0.5) is 0 Å². The summed E-state index contributed by atoms with van der Waals surface area (Å²) in [6, 6.07) is 15.1. The molecule has 62 heavy (non-hydrogen) atoms. The first-order chi connectivity index (χ1) is 30.1. The van der Waals surface area contributed by atoms with Crippen LogP contribution in [0.25, 0.3) is 0 Å². The number of aliphatic hydroxyl groups is 3. The highest BCUT2D eigenvalue weighted by molar-refractivity contribution is 8.76. The van der Waals surface area contributed by atoms with Crippen LogP contribution in [0.2, 0.25) is 0 Å². The van der Waals surface area contributed by atoms with Crippen LogP contribution in [0.5, 0.6) is 23.0 Å². The van der Waals surface area contributed by atoms with E-state index in [0.717, 1.165) is 29.7 Å². The molecule has 0 radical (unpaired) electrons. The number of carbonyl (C=O) groups excluding carboxylic acids is 1. The molecule has 0 spiro atoms. The lowest BCUT2D eigenvalue weighted by Crippen LogP contribution is -2.51. The number of aryl methyl sites for hydroxylation is 3. The highest BCUT2D eigenvalue weighted by Crippen LogP contribution is 2.47. The van der Waals surface area contributed by atoms with Crippen molar-refractivity contribution in [2.24, 2.45) is 28.5 Å². The van der Waals surface area contributed by atoms with Crippen molar-refractivity contribution < 1.29 is 39.4 Å². The monoisotopic (exact) mass is 882 g/mol. The van der Waals surface area contributed by atoms with Gasteiger partial charge < -0.3 is 45.7 Å². The Morgan fingerprint density at radius 1 is 0.984 bits per heavy atom. The quantitative estimate of drug-likeness (QED) is 0.0995. The molecule has 0 aromatic heterocycles. The number of nitrogens with one attached hydrogen (secondary N) is 2. The number of Topliss-reactive ketones (excluding diaryl/α,β-unsaturated/α-hetero) is 1. The summed E-state index contributed by atoms with van der Waals surface area (Å²) in [6.07, 6.45) is 1.93. The molecule has 4 aliphatic heterocycles. The first kappa shape index (κ1) is 45.5. The Morgan fingerprint density at radius 2 is 1.81 bits per heavy atom. The number of rotatable bonds is 6. The van der Waals surface area contributed by atoms with Gasteiger partial charge in [0.05, 0.1) is 23.8 Å². The topological polar surface area (TPSA) is 188 Å². The van der Waals surface area contributed by atoms with Crippen LogP contribution in [0.3, 0.4) is 0 Å². The van der Waals surface area contributed by atoms with Crippen LogP contribution >= 0.6 is 21.6 Å². The zero-order valence-corrected chi connectivity index (χ0v) is 37.0. The Morgan fingerprint density at radius 3 is 2.61 bits per heavy atom. The van der Waals surface area contributed by atoms with Gasteiger partial charge in [0.25, 0.3) is 0 Å². The lowest BCUT2D eigenvalue weighted by Gasteiger charge is -2.40. The number of benzene rings is 3. The molecule has 4 heterocycles. The molecule has 3 aromatic carbocycles. The lowest BCUT2D eigenvalue weighted by molar-refractivity contribution is -0.121. The van der Waals surface area contributed by atoms with Crippen LogP contribution < -0.4 is 30.6 Å². The van der Waals surface area contributed by atoms with Crippen LogP contribution in [0.1, 0.15) is 79.3 Å². The Labute approximate surface area is 372 Å². The smallest absolute Gasteiger partial charge is 0.201 e. The van der Waals surface area contributed by atoms with Gasteiger partial charge in [-0.25, -0.2) is 4.99 Å². The summed E-state index contributed by atoms with van der Waals surface area (Å²) < 4.78 is 18.7. The summed E-state index contributed by atoms with van der Waals surface area (Å²) >= 11 is 0. The number of hydrogen-bond acceptors (Lipinski definition) is 14. The number of nitrogens with zero attached hydrogens (tertiary/aromatic N) is 1. The molecule has 6 bridgehead atoms. The Hall–Kier alpha value is -4.54. The number of ketones is 1. The standard InChI is InChI=1S/C48H58N4O8S2/c1-29(2)42-26-62-61-25-40-39-24-38-32-16-20-36(55)23-35(54)19-15-31-17-21-43(56)45(59-28-53)37(31)12-6-10-33(22-32)44(46(38)60-47(39)57)58-27-50-34(18-14-30-8-4-3-5-9-30)11-7-13-41(40)51-48(49)52-42/h3-5,8-9,17,21-22,29,34,36,39-42,47,50,53,55-57H,10-11,14-16,18-20,23-28H2,1-2H3,(H3,49,51,52)/t34-,36+,39+,40+,41+,42+,47+/m0/s1. The molecule has 12 nitrogen and oxygen atoms in total. The van der Waals surface area contributed by atoms with E-state index in [1.165, 1.54) is 11.6 Å². The van der Waals surface area contributed by atoms with Crippen molar-refractivity contribution in [1.82, 2.24) is 10.6 Å². The molecule has 3 aromatic rings. The van der Waals surface area contributed by atoms with Crippen LogP contribution in [-0.2, 0) is 36.9 Å². The first-order valence-electron chi connectivity index (χ1n) is 21.6. The van der Waals surface area contributed by atoms with E-state index in [2.05, 4.69) is 60.3 Å². The van der Waals surface area contributed by atoms with Gasteiger partial charge in [-0.15, -0.1) is 0 Å². The van der Waals surface area contributed by atoms with Crippen molar-refractivity contribution in [2.45, 2.75) is 109 Å². The first-order valence-corrected chi connectivity index (χ1v) is 24.1. The van der Waals surface area contributed by atoms with Crippen LogP contribution in [-0.4, -0.2) is 87.7 Å². The second-order valence-electron chi connectivity index (χ2n) is 16.8. The molecule has 7 atom stereocenters. The molecule has 8 rings (SSSR count). The predicted octanol–water partition coefficient (Wildman–Crippen LogP) is 5.03. The summed E-state index contributed by atoms with van der Waals surface area (Å²) in [5, 5.41) is 50.8. The maximum absolute atomic E-state index is 13.2. The second kappa shape index (κ2) is 21.7. The average Bonchev–Trinajstić information content (AvgIpc) is 3.25. The number of hydrogen-bond donors (Lipinski definition) is 7. The van der Waals surface area contributed by atoms with Gasteiger partial charge in [-0.2, -0.15) is 0 Å². The normalized spacial score (nSPS) is 25.7. The molecular formula is C48H58N4O8S2. The number of aromatic hydroxyl groups is 1. The van der Waals surface area contributed by atoms with Gasteiger partial charge in [0.2, 0.25) is 6.29 Å². The highest BCUT2D eigenvalue weighted by Gasteiger charge is 2.42. The van der Waals surface area contributed by atoms with Crippen molar-refractivity contribution in [3.05, 3.63) is 81.9 Å². The molecule has 0 fully saturated rings. The Balaban J connectivity index is 1.33. The van der Waals surface area contributed by atoms with Crippen LogP contribution in [0, 0.1) is 41.4 Å². The molecule has 0 amide bonds. The Bertz CT molecular complexity index is 2200. The fraction of sp³-hybridized carbons (Fsp3) is 0.500. The van der Waals surface area contributed by atoms with Crippen molar-refractivity contribution in [2.75, 3.05) is 25.0 Å². The van der Waals surface area contributed by atoms with Gasteiger partial charge in [-0.05, 0) is 67.2 Å². The average molecular weight is 883 g/mol. The number of nitrogens with two attached hydrogens (primary N) is 1. The largest absolute Gasteiger partial charge is 0.504 e. The summed E-state index contributed by atoms with van der Waals surface area (Å²) in [5.41, 5.74) is 11.4. The van der Waals surface area contributed by atoms with Crippen molar-refractivity contribution >= 4 is 33.3 Å². The number of carbonyl (C=O) groups is 1. The van der Waals surface area contributed by atoms with E-state index >= 15 is 0 Å². The number of aliphatic imine (C=N–C) groups is 1. The number of phenols is 1. The highest BCUT2D eigenvalue weighted by atomic mass is 33.1. The lowest BCUT2D eigenvalue weighted by atomic mass is 9.78. The summed E-state index contributed by atoms with van der Waals surface area (Å²) in [4.78, 5) is 18.1. The molecule has 0 saturated heterocycles. The number of phenolic OH excluding ortho intramolecular Hbond substituents is 1. The van der Waals surface area contributed by atoms with E-state index in [-0.39, 0.29) is 61.3 Å². The third-order valence-corrected chi connectivity index (χ3v) is 14.6. The molecule has 0 unspecified atom stereocenters. The van der Waals surface area contributed by atoms with Gasteiger partial charge in [0, 0.05) is 66.2 Å². The zero-order valence-electron chi connectivity index (χ0n) is 35.4. The van der Waals surface area contributed by atoms with E-state index < -0.39 is 31.1 Å². The molecule has 5 aliphatic rings. The van der Waals surface area contributed by atoms with Crippen molar-refractivity contribution in [3.8, 4) is 46.7 Å². The number of fused-ring (bicyclic) bond motifs is 9. The summed E-state index contributed by atoms with van der Waals surface area (Å²) in [7, 11) is 3.50. The molecular weight excluding hydrogens is 825 g/mol. The molecule has 8 N–H and O–H groups in total. The minimum Gasteiger partial charge on any atom is -0.504 e. The third kappa shape index (κ3) is 11.5. The van der Waals surface area contributed by atoms with Gasteiger partial charge in [0.1, 0.15) is 12.5 Å². The zero-order chi connectivity index (χ0) is 43.6. The number of guanidine groups is 1. The summed E-state index contributed by atoms with van der Waals surface area (Å²) in [6.45, 7) is 3.74. The predicted molar refractivity (Wildman–Crippen MR) is 244 cm³/mol. The van der Waals surface area contributed by atoms with E-state index in [9.17, 15) is 25.2 Å². The van der Waals surface area contributed by atoms with Crippen LogP contribution in [0.15, 0.2) is 53.5 Å². The maximum atomic E-state index is 13.2. The maximum Gasteiger partial charge on any atom is 0.201 e. The van der Waals surface area contributed by atoms with Gasteiger partial charge in [0.15, 0.2) is 35.8 Å². The van der Waals surface area contributed by atoms with Crippen molar-refractivity contribution in [3.63, 3.8) is 0 Å². The van der Waals surface area contributed by atoms with E-state index in [1.54, 1.807) is 27.7 Å². The third-order valence-electron chi connectivity index (χ3n) is 12.1. The molecule has 1 aliphatic carbocycles. The van der Waals surface area contributed by atoms with E-state index in [1.807, 2.05) is 24.3 Å². The van der Waals surface area contributed by atoms with E-state index in [0.29, 0.717) is 77.9 Å². The van der Waals surface area contributed by atoms with E-state index in [4.69, 9.17) is 24.9 Å². The SMILES string of the molecule is CC(C)[C@H]1CSSC[C@@H]2[C@H]3Cc4c5cc(c(c4O[C@H]3O)OCN[C@H](CCc3ccccc3)CC#C[C@H]2NC(N)=N1)CC#Cc1c(ccc(O)c1OCO)CCC(=O)C[C@H](O)CC5. The fourth-order valence-electron chi connectivity index (χ4n) is 8.52. The molecule has 330 valence electrons. The number of ether oxygens (including phenoxy) is 3. The molecule has 14 heteroatoms. The second-order valence-corrected chi connectivity index (χ2v) is 19.3. The summed E-state index contributed by atoms with van der Waals surface area (Å²) in [5.74, 6) is 15.5. The minimum absolute atomic E-state index is 0.0199. The minimum atomic E-state index is -1.22. The number of aliphatic hydroxyl groups excluding tert-OH is 3. The van der Waals surface area contributed by atoms with Gasteiger partial charge in [-0.3, -0.25) is 10.1 Å². The van der Waals surface area contributed by atoms with Gasteiger partial charge in [-0.1, -0.05) is 102 Å². The van der Waals surface area contributed by atoms with Gasteiger partial charge >= 0.3 is 0 Å². The Kier molecular flexibility index (Phi) is 15.9. The van der Waals surface area contributed by atoms with Crippen molar-refractivity contribution in [1.29, 1.82) is 0 Å². The molecule has 0 saturated carbocycles. The fourth-order valence-corrected chi connectivity index (χ4v) is 11.4.